The van der Waals surface area contributed by atoms with Crippen molar-refractivity contribution in [2.75, 3.05) is 6.54 Å². The summed E-state index contributed by atoms with van der Waals surface area (Å²) >= 11 is 0. The molecule has 0 radical (unpaired) electrons. The van der Waals surface area contributed by atoms with Crippen LogP contribution in [-0.4, -0.2) is 12.5 Å². The molecular formula is C15H24NORb. The van der Waals surface area contributed by atoms with Crippen molar-refractivity contribution in [2.45, 2.75) is 47.0 Å². The van der Waals surface area contributed by atoms with Gasteiger partial charge in [0.2, 0.25) is 0 Å². The monoisotopic (exact) mass is 319 g/mol. The van der Waals surface area contributed by atoms with Gasteiger partial charge in [0.05, 0.1) is 5.91 Å². The first-order valence-corrected chi connectivity index (χ1v) is 6.58. The average molecular weight is 320 g/mol. The summed E-state index contributed by atoms with van der Waals surface area (Å²) in [4.78, 5) is 11.4. The van der Waals surface area contributed by atoms with Crippen molar-refractivity contribution in [3.05, 3.63) is 40.7 Å². The molecule has 0 aliphatic carbocycles. The molecule has 1 aliphatic rings. The molecule has 3 heteroatoms. The zero-order valence-corrected chi connectivity index (χ0v) is 17.6. The van der Waals surface area contributed by atoms with Crippen molar-refractivity contribution >= 4 is 5.91 Å². The molecule has 0 bridgehead atoms. The van der Waals surface area contributed by atoms with Crippen molar-refractivity contribution in [2.24, 2.45) is 0 Å². The van der Waals surface area contributed by atoms with E-state index in [1.165, 1.54) is 5.56 Å². The third-order valence-corrected chi connectivity index (χ3v) is 2.54. The number of rotatable bonds is 0. The molecule has 0 fully saturated rings. The molecule has 0 aromatic heterocycles. The van der Waals surface area contributed by atoms with Crippen LogP contribution in [0.5, 0.6) is 0 Å². The molecule has 2 nitrogen and oxygen atoms in total. The zero-order valence-electron chi connectivity index (χ0n) is 12.7. The number of amides is 1. The van der Waals surface area contributed by atoms with Gasteiger partial charge >= 0.3 is 58.2 Å². The average Bonchev–Trinajstić information content (AvgIpc) is 2.56. The van der Waals surface area contributed by atoms with E-state index in [4.69, 9.17) is 0 Å². The van der Waals surface area contributed by atoms with Crippen molar-refractivity contribution < 1.29 is 63.0 Å². The first-order chi connectivity index (χ1) is 8.29. The van der Waals surface area contributed by atoms with Crippen LogP contribution in [0.25, 0.3) is 5.32 Å². The van der Waals surface area contributed by atoms with Gasteiger partial charge in [-0.1, -0.05) is 58.9 Å². The predicted octanol–water partition coefficient (Wildman–Crippen LogP) is 1.30. The van der Waals surface area contributed by atoms with Gasteiger partial charge in [0, 0.05) is 5.92 Å². The summed E-state index contributed by atoms with van der Waals surface area (Å²) in [6, 6.07) is 8.11. The molecule has 0 saturated carbocycles. The Morgan fingerprint density at radius 1 is 1.11 bits per heavy atom. The van der Waals surface area contributed by atoms with Crippen molar-refractivity contribution in [1.82, 2.24) is 0 Å². The van der Waals surface area contributed by atoms with E-state index in [1.807, 2.05) is 52.8 Å². The number of carbonyl (C=O) groups is 1. The van der Waals surface area contributed by atoms with Gasteiger partial charge in [-0.3, -0.25) is 0 Å². The molecule has 1 aliphatic heterocycles. The fourth-order valence-electron chi connectivity index (χ4n) is 1.74. The van der Waals surface area contributed by atoms with Gasteiger partial charge in [-0.2, -0.15) is 0 Å². The second-order valence-corrected chi connectivity index (χ2v) is 3.39. The molecule has 0 N–H and O–H groups in total. The SMILES string of the molecule is CC.CC.CC1C(=O)[N-]CCc2ccccc21.[Rb+]. The van der Waals surface area contributed by atoms with Crippen LogP contribution in [0, 0.1) is 0 Å². The summed E-state index contributed by atoms with van der Waals surface area (Å²) in [5.74, 6) is -0.0383. The Kier molecular flexibility index (Phi) is 14.5. The summed E-state index contributed by atoms with van der Waals surface area (Å²) < 4.78 is 0. The Bertz CT molecular complexity index is 339. The van der Waals surface area contributed by atoms with Gasteiger partial charge in [0.15, 0.2) is 0 Å². The predicted molar refractivity (Wildman–Crippen MR) is 74.5 cm³/mol. The fraction of sp³-hybridized carbons (Fsp3) is 0.533. The number of fused-ring (bicyclic) bond motifs is 1. The van der Waals surface area contributed by atoms with Crippen LogP contribution < -0.4 is 58.2 Å². The first-order valence-electron chi connectivity index (χ1n) is 6.58. The molecule has 1 aromatic rings. The largest absolute Gasteiger partial charge is 1.00 e. The normalized spacial score (nSPS) is 16.3. The summed E-state index contributed by atoms with van der Waals surface area (Å²) in [5, 5.41) is 3.98. The van der Waals surface area contributed by atoms with E-state index < -0.39 is 0 Å². The maximum absolute atomic E-state index is 11.4. The molecule has 1 heterocycles. The Morgan fingerprint density at radius 3 is 2.28 bits per heavy atom. The molecule has 0 spiro atoms. The van der Waals surface area contributed by atoms with Crippen LogP contribution in [0.2, 0.25) is 0 Å². The molecule has 1 unspecified atom stereocenters. The quantitative estimate of drug-likeness (QED) is 0.709. The van der Waals surface area contributed by atoms with Crippen molar-refractivity contribution in [3.8, 4) is 0 Å². The van der Waals surface area contributed by atoms with E-state index in [2.05, 4.69) is 11.4 Å². The maximum Gasteiger partial charge on any atom is 1.00 e. The van der Waals surface area contributed by atoms with Crippen LogP contribution in [-0.2, 0) is 11.2 Å². The molecule has 18 heavy (non-hydrogen) atoms. The van der Waals surface area contributed by atoms with E-state index in [-0.39, 0.29) is 70.0 Å². The molecule has 1 aromatic carbocycles. The van der Waals surface area contributed by atoms with Crippen molar-refractivity contribution in [3.63, 3.8) is 0 Å². The second kappa shape index (κ2) is 12.5. The van der Waals surface area contributed by atoms with E-state index in [0.29, 0.717) is 6.54 Å². The number of hydrogen-bond acceptors (Lipinski definition) is 1. The van der Waals surface area contributed by atoms with Crippen LogP contribution in [0.4, 0.5) is 0 Å². The summed E-state index contributed by atoms with van der Waals surface area (Å²) in [6.07, 6.45) is 0.895. The third kappa shape index (κ3) is 6.09. The molecule has 96 valence electrons. The van der Waals surface area contributed by atoms with Gasteiger partial charge in [-0.25, -0.2) is 0 Å². The minimum absolute atomic E-state index is 0. The van der Waals surface area contributed by atoms with E-state index >= 15 is 0 Å². The van der Waals surface area contributed by atoms with Gasteiger partial charge in [-0.15, -0.1) is 6.54 Å². The van der Waals surface area contributed by atoms with Crippen LogP contribution in [0.15, 0.2) is 24.3 Å². The number of nitrogens with zero attached hydrogens (tertiary/aromatic N) is 1. The molecule has 0 saturated heterocycles. The Hall–Kier alpha value is 0.495. The Labute approximate surface area is 161 Å². The van der Waals surface area contributed by atoms with E-state index in [0.717, 1.165) is 12.0 Å². The smallest absolute Gasteiger partial charge is 0.653 e. The van der Waals surface area contributed by atoms with Crippen LogP contribution in [0.1, 0.15) is 51.7 Å². The van der Waals surface area contributed by atoms with Crippen molar-refractivity contribution in [1.29, 1.82) is 0 Å². The summed E-state index contributed by atoms with van der Waals surface area (Å²) in [7, 11) is 0. The van der Waals surface area contributed by atoms with Gasteiger partial charge < -0.3 is 10.1 Å². The van der Waals surface area contributed by atoms with Crippen LogP contribution >= 0.6 is 0 Å². The standard InChI is InChI=1S/C11H13NO.2C2H6.Rb/c1-8-10-5-3-2-4-9(10)6-7-12-11(8)13;2*1-2;/h2-5,8H,6-7H2,1H3,(H,12,13);2*1-2H3;/q;;;+1/p-1. The maximum atomic E-state index is 11.4. The minimum atomic E-state index is -0.0568. The number of carbonyl (C=O) groups excluding carboxylic acids is 1. The van der Waals surface area contributed by atoms with E-state index in [9.17, 15) is 4.79 Å². The van der Waals surface area contributed by atoms with Gasteiger partial charge in [0.1, 0.15) is 0 Å². The van der Waals surface area contributed by atoms with Crippen LogP contribution in [0.3, 0.4) is 0 Å². The Balaban J connectivity index is 0. The first kappa shape index (κ1) is 20.8. The summed E-state index contributed by atoms with van der Waals surface area (Å²) in [6.45, 7) is 10.6. The zero-order chi connectivity index (χ0) is 13.3. The molecule has 2 rings (SSSR count). The molecular weight excluding hydrogens is 296 g/mol. The third-order valence-electron chi connectivity index (χ3n) is 2.54. The molecule has 1 atom stereocenters. The summed E-state index contributed by atoms with van der Waals surface area (Å²) in [5.41, 5.74) is 2.42. The van der Waals surface area contributed by atoms with Gasteiger partial charge in [-0.05, 0) is 17.5 Å². The Morgan fingerprint density at radius 2 is 1.67 bits per heavy atom. The van der Waals surface area contributed by atoms with E-state index in [1.54, 1.807) is 0 Å². The number of hydrogen-bond donors (Lipinski definition) is 0. The number of benzene rings is 1. The molecule has 1 amide bonds. The second-order valence-electron chi connectivity index (χ2n) is 3.39. The fourth-order valence-corrected chi connectivity index (χ4v) is 1.74. The topological polar surface area (TPSA) is 31.2 Å². The van der Waals surface area contributed by atoms with Gasteiger partial charge in [0.25, 0.3) is 0 Å². The minimum Gasteiger partial charge on any atom is -0.653 e.